The fraction of sp³-hybridized carbons (Fsp3) is 0.267. The van der Waals surface area contributed by atoms with Crippen LogP contribution in [0.3, 0.4) is 0 Å². The van der Waals surface area contributed by atoms with E-state index in [9.17, 15) is 0 Å². The van der Waals surface area contributed by atoms with Gasteiger partial charge in [0.2, 0.25) is 5.88 Å². The number of para-hydroxylation sites is 1. The Labute approximate surface area is 108 Å². The first kappa shape index (κ1) is 12.6. The van der Waals surface area contributed by atoms with E-state index in [1.165, 1.54) is 5.56 Å². The second-order valence-corrected chi connectivity index (χ2v) is 4.25. The van der Waals surface area contributed by atoms with Crippen LogP contribution in [0.1, 0.15) is 31.0 Å². The normalized spacial score (nSPS) is 12.2. The zero-order chi connectivity index (χ0) is 13.0. The summed E-state index contributed by atoms with van der Waals surface area (Å²) < 4.78 is 5.90. The van der Waals surface area contributed by atoms with Crippen LogP contribution in [-0.4, -0.2) is 4.98 Å². The molecule has 2 rings (SSSR count). The van der Waals surface area contributed by atoms with Crippen LogP contribution in [0.15, 0.2) is 42.6 Å². The average molecular weight is 242 g/mol. The van der Waals surface area contributed by atoms with E-state index >= 15 is 0 Å². The summed E-state index contributed by atoms with van der Waals surface area (Å²) in [6.45, 7) is 4.03. The molecule has 2 aromatic rings. The number of ether oxygens (including phenoxy) is 1. The Hall–Kier alpha value is -1.87. The maximum Gasteiger partial charge on any atom is 0.223 e. The zero-order valence-electron chi connectivity index (χ0n) is 10.8. The summed E-state index contributed by atoms with van der Waals surface area (Å²) in [6.07, 6.45) is 2.65. The monoisotopic (exact) mass is 242 g/mol. The minimum atomic E-state index is -0.0949. The maximum atomic E-state index is 5.92. The lowest BCUT2D eigenvalue weighted by molar-refractivity contribution is 0.447. The molecular formula is C15H18N2O. The number of pyridine rings is 1. The smallest absolute Gasteiger partial charge is 0.223 e. The maximum absolute atomic E-state index is 5.92. The van der Waals surface area contributed by atoms with Crippen molar-refractivity contribution in [1.82, 2.24) is 4.98 Å². The number of rotatable bonds is 4. The highest BCUT2D eigenvalue weighted by molar-refractivity contribution is 5.38. The van der Waals surface area contributed by atoms with E-state index in [-0.39, 0.29) is 6.04 Å². The van der Waals surface area contributed by atoms with E-state index < -0.39 is 0 Å². The van der Waals surface area contributed by atoms with Crippen molar-refractivity contribution in [3.63, 3.8) is 0 Å². The van der Waals surface area contributed by atoms with Gasteiger partial charge < -0.3 is 10.5 Å². The molecule has 0 spiro atoms. The van der Waals surface area contributed by atoms with Gasteiger partial charge in [-0.25, -0.2) is 4.98 Å². The van der Waals surface area contributed by atoms with E-state index in [2.05, 4.69) is 18.0 Å². The van der Waals surface area contributed by atoms with E-state index in [0.29, 0.717) is 5.88 Å². The molecule has 1 aromatic carbocycles. The summed E-state index contributed by atoms with van der Waals surface area (Å²) >= 11 is 0. The van der Waals surface area contributed by atoms with Crippen LogP contribution in [0.5, 0.6) is 11.6 Å². The van der Waals surface area contributed by atoms with Crippen molar-refractivity contribution in [1.29, 1.82) is 0 Å². The summed E-state index contributed by atoms with van der Waals surface area (Å²) in [7, 11) is 0. The van der Waals surface area contributed by atoms with Crippen molar-refractivity contribution in [2.45, 2.75) is 26.3 Å². The quantitative estimate of drug-likeness (QED) is 0.893. The van der Waals surface area contributed by atoms with Gasteiger partial charge in [0.1, 0.15) is 5.75 Å². The molecule has 0 amide bonds. The average Bonchev–Trinajstić information content (AvgIpc) is 2.40. The highest BCUT2D eigenvalue weighted by atomic mass is 16.5. The van der Waals surface area contributed by atoms with Gasteiger partial charge in [-0.05, 0) is 31.0 Å². The Balaban J connectivity index is 2.34. The summed E-state index contributed by atoms with van der Waals surface area (Å²) in [6, 6.07) is 11.7. The highest BCUT2D eigenvalue weighted by Crippen LogP contribution is 2.28. The molecular weight excluding hydrogens is 224 g/mol. The Morgan fingerprint density at radius 3 is 2.72 bits per heavy atom. The van der Waals surface area contributed by atoms with Crippen LogP contribution in [-0.2, 0) is 6.42 Å². The molecule has 0 saturated carbocycles. The fourth-order valence-corrected chi connectivity index (χ4v) is 1.83. The molecule has 3 nitrogen and oxygen atoms in total. The predicted molar refractivity (Wildman–Crippen MR) is 72.7 cm³/mol. The molecule has 3 heteroatoms. The molecule has 1 atom stereocenters. The molecule has 0 saturated heterocycles. The van der Waals surface area contributed by atoms with Gasteiger partial charge in [-0.3, -0.25) is 0 Å². The lowest BCUT2D eigenvalue weighted by atomic mass is 10.1. The van der Waals surface area contributed by atoms with Gasteiger partial charge in [-0.15, -0.1) is 0 Å². The predicted octanol–water partition coefficient (Wildman–Crippen LogP) is 3.46. The first-order valence-corrected chi connectivity index (χ1v) is 6.18. The van der Waals surface area contributed by atoms with Gasteiger partial charge in [0.25, 0.3) is 0 Å². The summed E-state index contributed by atoms with van der Waals surface area (Å²) in [5.41, 5.74) is 8.00. The number of hydrogen-bond acceptors (Lipinski definition) is 3. The van der Waals surface area contributed by atoms with Crippen molar-refractivity contribution in [2.24, 2.45) is 5.73 Å². The minimum absolute atomic E-state index is 0.0949. The first-order chi connectivity index (χ1) is 8.72. The summed E-state index contributed by atoms with van der Waals surface area (Å²) in [4.78, 5) is 4.27. The van der Waals surface area contributed by atoms with Crippen molar-refractivity contribution < 1.29 is 4.74 Å². The van der Waals surface area contributed by atoms with Gasteiger partial charge in [0, 0.05) is 17.8 Å². The lowest BCUT2D eigenvalue weighted by Crippen LogP contribution is -2.07. The van der Waals surface area contributed by atoms with Gasteiger partial charge in [0.05, 0.1) is 0 Å². The fourth-order valence-electron chi connectivity index (χ4n) is 1.83. The molecule has 0 bridgehead atoms. The summed E-state index contributed by atoms with van der Waals surface area (Å²) in [5, 5.41) is 0. The topological polar surface area (TPSA) is 48.1 Å². The molecule has 0 radical (unpaired) electrons. The number of nitrogens with zero attached hydrogens (tertiary/aromatic N) is 1. The Morgan fingerprint density at radius 2 is 2.00 bits per heavy atom. The van der Waals surface area contributed by atoms with E-state index in [1.807, 2.05) is 37.3 Å². The van der Waals surface area contributed by atoms with Crippen LogP contribution in [0.4, 0.5) is 0 Å². The SMILES string of the molecule is CCc1ccccc1Oc1ncccc1[C@H](C)N. The molecule has 0 aliphatic rings. The van der Waals surface area contributed by atoms with Crippen molar-refractivity contribution in [2.75, 3.05) is 0 Å². The minimum Gasteiger partial charge on any atom is -0.438 e. The van der Waals surface area contributed by atoms with Crippen LogP contribution in [0.2, 0.25) is 0 Å². The highest BCUT2D eigenvalue weighted by Gasteiger charge is 2.11. The van der Waals surface area contributed by atoms with Crippen molar-refractivity contribution in [3.8, 4) is 11.6 Å². The molecule has 1 aromatic heterocycles. The van der Waals surface area contributed by atoms with Gasteiger partial charge in [-0.2, -0.15) is 0 Å². The Kier molecular flexibility index (Phi) is 3.95. The standard InChI is InChI=1S/C15H18N2O/c1-3-12-7-4-5-9-14(12)18-15-13(11(2)16)8-6-10-17-15/h4-11H,3,16H2,1-2H3/t11-/m0/s1. The van der Waals surface area contributed by atoms with Gasteiger partial charge in [-0.1, -0.05) is 31.2 Å². The van der Waals surface area contributed by atoms with Gasteiger partial charge in [0.15, 0.2) is 0 Å². The van der Waals surface area contributed by atoms with Crippen LogP contribution in [0.25, 0.3) is 0 Å². The Bertz CT molecular complexity index is 523. The second-order valence-electron chi connectivity index (χ2n) is 4.25. The van der Waals surface area contributed by atoms with Crippen LogP contribution in [0, 0.1) is 0 Å². The van der Waals surface area contributed by atoms with E-state index in [1.54, 1.807) is 6.20 Å². The molecule has 94 valence electrons. The van der Waals surface area contributed by atoms with Gasteiger partial charge >= 0.3 is 0 Å². The zero-order valence-corrected chi connectivity index (χ0v) is 10.8. The number of aromatic nitrogens is 1. The van der Waals surface area contributed by atoms with Crippen LogP contribution >= 0.6 is 0 Å². The molecule has 18 heavy (non-hydrogen) atoms. The third kappa shape index (κ3) is 2.68. The van der Waals surface area contributed by atoms with E-state index in [0.717, 1.165) is 17.7 Å². The van der Waals surface area contributed by atoms with Crippen molar-refractivity contribution >= 4 is 0 Å². The third-order valence-corrected chi connectivity index (χ3v) is 2.85. The third-order valence-electron chi connectivity index (χ3n) is 2.85. The van der Waals surface area contributed by atoms with Crippen LogP contribution < -0.4 is 10.5 Å². The molecule has 0 unspecified atom stereocenters. The molecule has 0 fully saturated rings. The number of aryl methyl sites for hydroxylation is 1. The molecule has 1 heterocycles. The summed E-state index contributed by atoms with van der Waals surface area (Å²) in [5.74, 6) is 1.44. The number of benzene rings is 1. The molecule has 0 aliphatic carbocycles. The number of nitrogens with two attached hydrogens (primary N) is 1. The second kappa shape index (κ2) is 5.65. The largest absolute Gasteiger partial charge is 0.438 e. The number of hydrogen-bond donors (Lipinski definition) is 1. The van der Waals surface area contributed by atoms with E-state index in [4.69, 9.17) is 10.5 Å². The van der Waals surface area contributed by atoms with Crippen molar-refractivity contribution in [3.05, 3.63) is 53.7 Å². The Morgan fingerprint density at radius 1 is 1.22 bits per heavy atom. The molecule has 2 N–H and O–H groups in total. The first-order valence-electron chi connectivity index (χ1n) is 6.18. The lowest BCUT2D eigenvalue weighted by Gasteiger charge is -2.14. The molecule has 0 aliphatic heterocycles.